The Morgan fingerprint density at radius 3 is 0.839 bits per heavy atom. The Balaban J connectivity index is 1.16. The summed E-state index contributed by atoms with van der Waals surface area (Å²) in [5.74, 6) is 0. The van der Waals surface area contributed by atoms with Gasteiger partial charge in [0.15, 0.2) is 0 Å². The zero-order valence-electron chi connectivity index (χ0n) is 66.9. The van der Waals surface area contributed by atoms with Gasteiger partial charge in [-0.05, 0) is 136 Å². The van der Waals surface area contributed by atoms with Gasteiger partial charge in [0.05, 0.1) is 71.4 Å². The van der Waals surface area contributed by atoms with Crippen LogP contribution < -0.4 is 0 Å². The van der Waals surface area contributed by atoms with Crippen LogP contribution in [0.3, 0.4) is 0 Å². The van der Waals surface area contributed by atoms with E-state index in [2.05, 4.69) is 0 Å². The van der Waals surface area contributed by atoms with E-state index in [1.54, 1.807) is 0 Å². The molecule has 0 amide bonds. The average molecular weight is 821 g/mol. The Labute approximate surface area is 407 Å². The molecule has 0 saturated heterocycles. The molecule has 2 nitrogen and oxygen atoms in total. The molecular weight excluding hydrogens is 749 g/mol. The largest absolute Gasteiger partial charge is 0.309 e. The molecule has 0 aliphatic heterocycles. The second-order valence-corrected chi connectivity index (χ2v) is 14.0. The Morgan fingerprint density at radius 1 is 0.210 bits per heavy atom. The van der Waals surface area contributed by atoms with Gasteiger partial charge in [-0.1, -0.05) is 157 Å². The van der Waals surface area contributed by atoms with Gasteiger partial charge in [0.2, 0.25) is 0 Å². The molecule has 2 heterocycles. The minimum absolute atomic E-state index is 0.513. The van der Waals surface area contributed by atoms with E-state index in [0.29, 0.717) is 9.13 Å². The molecule has 14 aromatic rings. The summed E-state index contributed by atoms with van der Waals surface area (Å²) in [6, 6.07) is -34.5. The summed E-state index contributed by atoms with van der Waals surface area (Å²) in [4.78, 5) is 0. The fraction of sp³-hybridized carbons (Fsp3) is 0. The summed E-state index contributed by atoms with van der Waals surface area (Å²) in [5, 5.41) is -9.80. The van der Waals surface area contributed by atoms with Gasteiger partial charge < -0.3 is 9.13 Å². The molecule has 0 N–H and O–H groups in total. The van der Waals surface area contributed by atoms with Crippen molar-refractivity contribution in [1.82, 2.24) is 9.13 Å². The second kappa shape index (κ2) is 12.7. The Kier molecular flexibility index (Phi) is 2.90. The predicted octanol–water partition coefficient (Wildman–Crippen LogP) is 16.5. The summed E-state index contributed by atoms with van der Waals surface area (Å²) >= 11 is 0. The minimum atomic E-state index is -1.16. The van der Waals surface area contributed by atoms with Crippen LogP contribution in [0.1, 0.15) is 49.3 Å². The topological polar surface area (TPSA) is 9.86 Å². The smallest absolute Gasteiger partial charge is 0.0652 e. The first kappa shape index (κ1) is 14.2. The van der Waals surface area contributed by atoms with Crippen LogP contribution in [0.2, 0.25) is 0 Å². The van der Waals surface area contributed by atoms with Gasteiger partial charge in [-0.3, -0.25) is 0 Å². The molecule has 0 aliphatic carbocycles. The highest BCUT2D eigenvalue weighted by atomic mass is 15.0. The molecule has 2 heteroatoms. The number of rotatable bonds is 3. The Bertz CT molecular complexity index is 5890. The second-order valence-electron chi connectivity index (χ2n) is 14.0. The molecule has 14 rings (SSSR count). The molecule has 0 radical (unpaired) electrons. The standard InChI is InChI=1S/C60H36N2/c1-3-17-45-41(13-1)43-15-5-7-19-47(43)53-35-39(27-29-49(45)53)61-57-23-11-9-21-51(57)55-33-37(25-31-59(55)61)38-26-32-60-56(34-38)52-22-10-12-24-58(52)62(60)40-28-30-50-46-18-4-2-14-42(46)44-16-6-8-20-48(44)54(50)36-40/h1-36H/i1D,2D,3D,4D,5D,6D,7D,8D,9D,10D,11D,12D,13D,14D,15D,16D,17D,18D,19D,20D,21D,22D,23D,24D,25D,26D,27D,28D,29D,30D,31D,32D,33D,34D,35D,36D. The molecule has 12 aromatic carbocycles. The van der Waals surface area contributed by atoms with E-state index < -0.39 is 348 Å². The van der Waals surface area contributed by atoms with Gasteiger partial charge in [-0.25, -0.2) is 0 Å². The van der Waals surface area contributed by atoms with E-state index in [0.717, 1.165) is 0 Å². The van der Waals surface area contributed by atoms with E-state index in [9.17, 15) is 24.7 Å². The molecule has 0 unspecified atom stereocenters. The van der Waals surface area contributed by atoms with Crippen LogP contribution >= 0.6 is 0 Å². The first-order valence-electron chi connectivity index (χ1n) is 36.6. The van der Waals surface area contributed by atoms with E-state index in [1.807, 2.05) is 0 Å². The summed E-state index contributed by atoms with van der Waals surface area (Å²) in [7, 11) is 0. The Morgan fingerprint density at radius 2 is 0.484 bits per heavy atom. The number of aromatic nitrogens is 2. The maximum atomic E-state index is 10.1. The molecule has 62 heavy (non-hydrogen) atoms. The monoisotopic (exact) mass is 821 g/mol. The first-order chi connectivity index (χ1) is 45.8. The van der Waals surface area contributed by atoms with Crippen LogP contribution in [0, 0.1) is 0 Å². The summed E-state index contributed by atoms with van der Waals surface area (Å²) < 4.78 is 335. The highest BCUT2D eigenvalue weighted by Crippen LogP contribution is 2.42. The van der Waals surface area contributed by atoms with E-state index in [4.69, 9.17) is 24.7 Å². The molecule has 0 fully saturated rings. The number of para-hydroxylation sites is 2. The lowest BCUT2D eigenvalue weighted by molar-refractivity contribution is 1.19. The number of benzene rings is 12. The predicted molar refractivity (Wildman–Crippen MR) is 266 cm³/mol. The lowest BCUT2D eigenvalue weighted by atomic mass is 9.94. The summed E-state index contributed by atoms with van der Waals surface area (Å²) in [5.41, 5.74) is -6.71. The van der Waals surface area contributed by atoms with E-state index in [1.165, 1.54) is 0 Å². The van der Waals surface area contributed by atoms with Crippen molar-refractivity contribution in [3.8, 4) is 22.5 Å². The van der Waals surface area contributed by atoms with Crippen LogP contribution in [0.25, 0.3) is 131 Å². The van der Waals surface area contributed by atoms with Crippen LogP contribution in [0.5, 0.6) is 0 Å². The fourth-order valence-electron chi connectivity index (χ4n) is 8.24. The molecule has 0 atom stereocenters. The fourth-order valence-corrected chi connectivity index (χ4v) is 8.24. The molecule has 2 aromatic heterocycles. The van der Waals surface area contributed by atoms with Gasteiger partial charge in [0.25, 0.3) is 0 Å². The molecule has 286 valence electrons. The molecular formula is C60H36N2. The quantitative estimate of drug-likeness (QED) is 0.157. The zero-order chi connectivity index (χ0) is 71.8. The lowest BCUT2D eigenvalue weighted by Gasteiger charge is -2.14. The van der Waals surface area contributed by atoms with Crippen LogP contribution in [0.4, 0.5) is 0 Å². The van der Waals surface area contributed by atoms with Crippen molar-refractivity contribution in [2.24, 2.45) is 0 Å². The van der Waals surface area contributed by atoms with Crippen molar-refractivity contribution in [2.75, 3.05) is 0 Å². The maximum Gasteiger partial charge on any atom is 0.0652 e. The number of fused-ring (bicyclic) bond motifs is 18. The van der Waals surface area contributed by atoms with Gasteiger partial charge in [-0.2, -0.15) is 0 Å². The van der Waals surface area contributed by atoms with Crippen LogP contribution in [-0.2, 0) is 0 Å². The molecule has 0 saturated carbocycles. The lowest BCUT2D eigenvalue weighted by Crippen LogP contribution is -1.95. The maximum absolute atomic E-state index is 10.1. The van der Waals surface area contributed by atoms with Crippen molar-refractivity contribution in [3.05, 3.63) is 218 Å². The Hall–Kier alpha value is -8.20. The van der Waals surface area contributed by atoms with Crippen molar-refractivity contribution >= 4 is 108 Å². The number of nitrogens with zero attached hydrogens (tertiary/aromatic N) is 2. The zero-order valence-corrected chi connectivity index (χ0v) is 30.9. The van der Waals surface area contributed by atoms with Crippen LogP contribution in [-0.4, -0.2) is 9.13 Å². The summed E-state index contributed by atoms with van der Waals surface area (Å²) in [6.45, 7) is 0. The SMILES string of the molecule is [2H]c1c([2H])c([2H])c2c(c1[2H])c1c([2H])c([2H])c([2H])c([2H])c1c1c([2H])c(-n3c4c([2H])c([2H])c([2H])c([2H])c4c4c([2H])c(-c5c([2H])c([2H])c6c(c5[2H])c5c([2H])c([2H])c([2H])c([2H])c5n6-c5c([2H])c([2H])c6c7c([2H])c([2H])c([2H])c([2H])c7c7c([2H])c([2H])c([2H])c([2H])c7c6c5[2H])c([2H])c([2H])c43)c([2H])c([2H])c21. The minimum Gasteiger partial charge on any atom is -0.309 e. The number of hydrogen-bond acceptors (Lipinski definition) is 0. The third kappa shape index (κ3) is 4.64. The van der Waals surface area contributed by atoms with Gasteiger partial charge in [-0.15, -0.1) is 0 Å². The molecule has 0 bridgehead atoms. The van der Waals surface area contributed by atoms with E-state index >= 15 is 0 Å². The highest BCUT2D eigenvalue weighted by molar-refractivity contribution is 6.27. The third-order valence-corrected chi connectivity index (χ3v) is 10.9. The van der Waals surface area contributed by atoms with Crippen molar-refractivity contribution in [2.45, 2.75) is 0 Å². The average Bonchev–Trinajstić information content (AvgIpc) is 1.20. The van der Waals surface area contributed by atoms with Gasteiger partial charge in [0, 0.05) is 32.9 Å². The third-order valence-electron chi connectivity index (χ3n) is 10.9. The van der Waals surface area contributed by atoms with Gasteiger partial charge in [0.1, 0.15) is 0 Å². The van der Waals surface area contributed by atoms with Gasteiger partial charge >= 0.3 is 0 Å². The van der Waals surface area contributed by atoms with Crippen molar-refractivity contribution in [3.63, 3.8) is 0 Å². The first-order valence-corrected chi connectivity index (χ1v) is 18.6. The normalized spacial score (nSPS) is 20.3. The number of hydrogen-bond donors (Lipinski definition) is 0. The highest BCUT2D eigenvalue weighted by Gasteiger charge is 2.18. The van der Waals surface area contributed by atoms with E-state index in [-0.39, 0.29) is 0 Å². The van der Waals surface area contributed by atoms with Crippen molar-refractivity contribution in [1.29, 1.82) is 0 Å². The molecule has 0 spiro atoms. The molecule has 0 aliphatic rings. The van der Waals surface area contributed by atoms with Crippen molar-refractivity contribution < 1.29 is 49.3 Å². The summed E-state index contributed by atoms with van der Waals surface area (Å²) in [6.07, 6.45) is 0. The van der Waals surface area contributed by atoms with Crippen LogP contribution in [0.15, 0.2) is 218 Å².